The Morgan fingerprint density at radius 1 is 1.10 bits per heavy atom. The van der Waals surface area contributed by atoms with Gasteiger partial charge >= 0.3 is 11.7 Å². The topological polar surface area (TPSA) is 83.3 Å². The number of ketones is 1. The van der Waals surface area contributed by atoms with Crippen molar-refractivity contribution in [3.63, 3.8) is 0 Å². The van der Waals surface area contributed by atoms with Crippen molar-refractivity contribution in [2.45, 2.75) is 26.4 Å². The molecule has 0 saturated carbocycles. The van der Waals surface area contributed by atoms with Gasteiger partial charge in [0.1, 0.15) is 16.7 Å². The van der Waals surface area contributed by atoms with Crippen molar-refractivity contribution in [2.24, 2.45) is 0 Å². The first-order valence-corrected chi connectivity index (χ1v) is 10.2. The van der Waals surface area contributed by atoms with Crippen LogP contribution < -0.4 is 10.5 Å². The summed E-state index contributed by atoms with van der Waals surface area (Å²) in [5, 5.41) is 0.678. The van der Waals surface area contributed by atoms with E-state index in [-0.39, 0.29) is 11.7 Å². The maximum absolute atomic E-state index is 12.3. The zero-order chi connectivity index (χ0) is 22.8. The predicted octanol–water partition coefficient (Wildman–Crippen LogP) is 3.11. The number of anilines is 1. The maximum atomic E-state index is 12.3. The van der Waals surface area contributed by atoms with Gasteiger partial charge in [-0.2, -0.15) is 0 Å². The quantitative estimate of drug-likeness (QED) is 0.421. The molecule has 0 aliphatic carbocycles. The van der Waals surface area contributed by atoms with Crippen molar-refractivity contribution in [3.05, 3.63) is 52.5 Å². The first-order valence-electron chi connectivity index (χ1n) is 10.2. The van der Waals surface area contributed by atoms with Gasteiger partial charge in [0.25, 0.3) is 0 Å². The Hall–Kier alpha value is -3.29. The third-order valence-electron chi connectivity index (χ3n) is 4.81. The monoisotopic (exact) mass is 427 g/mol. The molecule has 2 heterocycles. The first-order chi connectivity index (χ1) is 14.5. The zero-order valence-electron chi connectivity index (χ0n) is 18.7. The number of rotatable bonds is 4. The number of amides is 1. The molecule has 0 radical (unpaired) electrons. The summed E-state index contributed by atoms with van der Waals surface area (Å²) in [7, 11) is 3.59. The number of carbonyl (C=O) groups excluding carboxylic acids is 2. The molecule has 1 saturated heterocycles. The van der Waals surface area contributed by atoms with Gasteiger partial charge in [0.05, 0.1) is 0 Å². The van der Waals surface area contributed by atoms with E-state index in [0.29, 0.717) is 37.1 Å². The highest BCUT2D eigenvalue weighted by molar-refractivity contribution is 6.05. The molecule has 0 bridgehead atoms. The van der Waals surface area contributed by atoms with Crippen molar-refractivity contribution >= 4 is 28.5 Å². The van der Waals surface area contributed by atoms with E-state index in [1.165, 1.54) is 6.08 Å². The lowest BCUT2D eigenvalue weighted by molar-refractivity contribution is 0.0240. The van der Waals surface area contributed by atoms with Crippen LogP contribution in [0.3, 0.4) is 0 Å². The fourth-order valence-corrected chi connectivity index (χ4v) is 3.25. The summed E-state index contributed by atoms with van der Waals surface area (Å²) in [6, 6.07) is 7.12. The minimum Gasteiger partial charge on any atom is -0.444 e. The Labute approximate surface area is 181 Å². The molecule has 8 heteroatoms. The second-order valence-corrected chi connectivity index (χ2v) is 8.77. The third kappa shape index (κ3) is 5.65. The number of piperazine rings is 1. The standard InChI is InChI=1S/C23H29N3O5/c1-23(2,3)31-22(29)26-12-10-25(11-13-26)17-7-6-16-14-18(19(27)8-9-24(4)5)21(28)30-20(16)15-17/h6-9,14-15H,10-13H2,1-5H3/b9-8+. The van der Waals surface area contributed by atoms with E-state index < -0.39 is 17.0 Å². The predicted molar refractivity (Wildman–Crippen MR) is 120 cm³/mol. The lowest BCUT2D eigenvalue weighted by Gasteiger charge is -2.36. The van der Waals surface area contributed by atoms with Crippen molar-refractivity contribution < 1.29 is 18.7 Å². The Morgan fingerprint density at radius 2 is 1.77 bits per heavy atom. The van der Waals surface area contributed by atoms with E-state index in [9.17, 15) is 14.4 Å². The van der Waals surface area contributed by atoms with Gasteiger partial charge in [-0.3, -0.25) is 4.79 Å². The molecule has 31 heavy (non-hydrogen) atoms. The average Bonchev–Trinajstić information content (AvgIpc) is 2.70. The zero-order valence-corrected chi connectivity index (χ0v) is 18.7. The number of allylic oxidation sites excluding steroid dienone is 1. The normalized spacial score (nSPS) is 14.9. The van der Waals surface area contributed by atoms with Crippen LogP contribution in [0.5, 0.6) is 0 Å². The highest BCUT2D eigenvalue weighted by atomic mass is 16.6. The molecule has 8 nitrogen and oxygen atoms in total. The van der Waals surface area contributed by atoms with Crippen LogP contribution in [0.1, 0.15) is 31.1 Å². The van der Waals surface area contributed by atoms with Crippen molar-refractivity contribution in [3.8, 4) is 0 Å². The summed E-state index contributed by atoms with van der Waals surface area (Å²) in [5.74, 6) is -0.397. The number of ether oxygens (including phenoxy) is 1. The number of nitrogens with zero attached hydrogens (tertiary/aromatic N) is 3. The lowest BCUT2D eigenvalue weighted by atomic mass is 10.1. The molecule has 1 aromatic carbocycles. The molecule has 1 fully saturated rings. The van der Waals surface area contributed by atoms with Gasteiger partial charge in [-0.15, -0.1) is 0 Å². The summed E-state index contributed by atoms with van der Waals surface area (Å²) >= 11 is 0. The Balaban J connectivity index is 1.74. The molecule has 1 amide bonds. The molecular weight excluding hydrogens is 398 g/mol. The molecule has 166 valence electrons. The second-order valence-electron chi connectivity index (χ2n) is 8.77. The van der Waals surface area contributed by atoms with Gasteiger partial charge in [-0.25, -0.2) is 9.59 Å². The van der Waals surface area contributed by atoms with Crippen LogP contribution in [0.25, 0.3) is 11.0 Å². The molecule has 1 aromatic heterocycles. The van der Waals surface area contributed by atoms with Crippen LogP contribution in [0.15, 0.2) is 45.8 Å². The number of carbonyl (C=O) groups is 2. The van der Waals surface area contributed by atoms with Gasteiger partial charge < -0.3 is 23.9 Å². The van der Waals surface area contributed by atoms with E-state index in [1.54, 1.807) is 42.2 Å². The largest absolute Gasteiger partial charge is 0.444 e. The van der Waals surface area contributed by atoms with Gasteiger partial charge in [0.2, 0.25) is 0 Å². The first kappa shape index (κ1) is 22.4. The summed E-state index contributed by atoms with van der Waals surface area (Å²) in [6.45, 7) is 7.91. The van der Waals surface area contributed by atoms with Crippen LogP contribution in [-0.4, -0.2) is 67.6 Å². The van der Waals surface area contributed by atoms with Crippen LogP contribution in [0.4, 0.5) is 10.5 Å². The van der Waals surface area contributed by atoms with Crippen LogP contribution >= 0.6 is 0 Å². The van der Waals surface area contributed by atoms with E-state index in [1.807, 2.05) is 32.9 Å². The average molecular weight is 428 g/mol. The van der Waals surface area contributed by atoms with E-state index >= 15 is 0 Å². The molecule has 2 aromatic rings. The Morgan fingerprint density at radius 3 is 2.39 bits per heavy atom. The van der Waals surface area contributed by atoms with Crippen molar-refractivity contribution in [1.29, 1.82) is 0 Å². The van der Waals surface area contributed by atoms with Gasteiger partial charge in [-0.1, -0.05) is 0 Å². The van der Waals surface area contributed by atoms with Gasteiger partial charge in [0, 0.05) is 69.7 Å². The van der Waals surface area contributed by atoms with Crippen LogP contribution in [-0.2, 0) is 4.74 Å². The molecule has 0 spiro atoms. The fraction of sp³-hybridized carbons (Fsp3) is 0.435. The SMILES string of the molecule is CN(C)/C=C/C(=O)c1cc2ccc(N3CCN(C(=O)OC(C)(C)C)CC3)cc2oc1=O. The molecule has 1 aliphatic rings. The minimum absolute atomic E-state index is 0.00400. The van der Waals surface area contributed by atoms with Gasteiger partial charge in [0.15, 0.2) is 5.78 Å². The fourth-order valence-electron chi connectivity index (χ4n) is 3.25. The summed E-state index contributed by atoms with van der Waals surface area (Å²) < 4.78 is 10.9. The summed E-state index contributed by atoms with van der Waals surface area (Å²) in [4.78, 5) is 42.4. The number of hydrogen-bond donors (Lipinski definition) is 0. The number of benzene rings is 1. The molecular formula is C23H29N3O5. The lowest BCUT2D eigenvalue weighted by Crippen LogP contribution is -2.50. The van der Waals surface area contributed by atoms with Crippen LogP contribution in [0.2, 0.25) is 0 Å². The van der Waals surface area contributed by atoms with Crippen molar-refractivity contribution in [2.75, 3.05) is 45.2 Å². The molecule has 0 unspecified atom stereocenters. The highest BCUT2D eigenvalue weighted by Gasteiger charge is 2.26. The highest BCUT2D eigenvalue weighted by Crippen LogP contribution is 2.24. The summed E-state index contributed by atoms with van der Waals surface area (Å²) in [6.07, 6.45) is 2.62. The van der Waals surface area contributed by atoms with Crippen LogP contribution in [0, 0.1) is 0 Å². The molecule has 3 rings (SSSR count). The number of hydrogen-bond acceptors (Lipinski definition) is 7. The maximum Gasteiger partial charge on any atom is 0.410 e. The minimum atomic E-state index is -0.659. The molecule has 1 aliphatic heterocycles. The summed E-state index contributed by atoms with van der Waals surface area (Å²) in [5.41, 5.74) is 0.139. The third-order valence-corrected chi connectivity index (χ3v) is 4.81. The Bertz CT molecular complexity index is 1060. The van der Waals surface area contributed by atoms with E-state index in [4.69, 9.17) is 9.15 Å². The van der Waals surface area contributed by atoms with Gasteiger partial charge in [-0.05, 0) is 39.0 Å². The number of fused-ring (bicyclic) bond motifs is 1. The van der Waals surface area contributed by atoms with E-state index in [2.05, 4.69) is 4.90 Å². The van der Waals surface area contributed by atoms with E-state index in [0.717, 1.165) is 5.69 Å². The second kappa shape index (κ2) is 8.83. The molecule has 0 atom stereocenters. The smallest absolute Gasteiger partial charge is 0.410 e. The van der Waals surface area contributed by atoms with Crippen molar-refractivity contribution in [1.82, 2.24) is 9.80 Å². The molecule has 0 N–H and O–H groups in total. The Kier molecular flexibility index (Phi) is 6.38.